The summed E-state index contributed by atoms with van der Waals surface area (Å²) in [6, 6.07) is 0.339. The van der Waals surface area contributed by atoms with Crippen LogP contribution in [0.4, 0.5) is 0 Å². The maximum absolute atomic E-state index is 5.50. The zero-order valence-corrected chi connectivity index (χ0v) is 7.68. The van der Waals surface area contributed by atoms with E-state index in [1.165, 1.54) is 24.1 Å². The molecule has 66 valence electrons. The van der Waals surface area contributed by atoms with Gasteiger partial charge >= 0.3 is 0 Å². The second kappa shape index (κ2) is 3.51. The van der Waals surface area contributed by atoms with Crippen LogP contribution in [0.25, 0.3) is 0 Å². The van der Waals surface area contributed by atoms with Crippen molar-refractivity contribution in [3.05, 3.63) is 16.6 Å². The number of aromatic nitrogens is 1. The highest BCUT2D eigenvalue weighted by molar-refractivity contribution is 7.09. The van der Waals surface area contributed by atoms with Crippen LogP contribution in [0, 0.1) is 5.92 Å². The number of rotatable bonds is 3. The van der Waals surface area contributed by atoms with Crippen LogP contribution in [0.5, 0.6) is 0 Å². The zero-order chi connectivity index (χ0) is 8.39. The van der Waals surface area contributed by atoms with Crippen molar-refractivity contribution in [1.29, 1.82) is 0 Å². The van der Waals surface area contributed by atoms with Crippen molar-refractivity contribution in [3.63, 3.8) is 0 Å². The lowest BCUT2D eigenvalue weighted by molar-refractivity contribution is 0.234. The smallest absolute Gasteiger partial charge is 0.0794 e. The predicted molar refractivity (Wildman–Crippen MR) is 49.5 cm³/mol. The van der Waals surface area contributed by atoms with Gasteiger partial charge in [-0.1, -0.05) is 6.42 Å². The molecule has 0 bridgehead atoms. The van der Waals surface area contributed by atoms with Gasteiger partial charge in [0.05, 0.1) is 11.6 Å². The summed E-state index contributed by atoms with van der Waals surface area (Å²) in [7, 11) is 0. The van der Waals surface area contributed by atoms with Crippen LogP contribution in [0.2, 0.25) is 0 Å². The molecule has 3 N–H and O–H groups in total. The van der Waals surface area contributed by atoms with Crippen LogP contribution in [-0.2, 0) is 0 Å². The monoisotopic (exact) mass is 183 g/mol. The van der Waals surface area contributed by atoms with Crippen molar-refractivity contribution in [2.45, 2.75) is 25.3 Å². The van der Waals surface area contributed by atoms with Crippen LogP contribution < -0.4 is 11.3 Å². The van der Waals surface area contributed by atoms with Gasteiger partial charge in [0.1, 0.15) is 0 Å². The number of thiazole rings is 1. The Bertz CT molecular complexity index is 230. The fraction of sp³-hybridized carbons (Fsp3) is 0.625. The van der Waals surface area contributed by atoms with E-state index >= 15 is 0 Å². The van der Waals surface area contributed by atoms with E-state index in [9.17, 15) is 0 Å². The Labute approximate surface area is 76.0 Å². The third-order valence-corrected chi connectivity index (χ3v) is 3.42. The average Bonchev–Trinajstić information content (AvgIpc) is 2.47. The van der Waals surface area contributed by atoms with E-state index in [4.69, 9.17) is 5.84 Å². The molecule has 12 heavy (non-hydrogen) atoms. The van der Waals surface area contributed by atoms with E-state index in [-0.39, 0.29) is 0 Å². The molecule has 1 aliphatic carbocycles. The molecule has 4 heteroatoms. The molecule has 3 nitrogen and oxygen atoms in total. The summed E-state index contributed by atoms with van der Waals surface area (Å²) in [5.41, 5.74) is 4.74. The summed E-state index contributed by atoms with van der Waals surface area (Å²) < 4.78 is 0. The first-order chi connectivity index (χ1) is 5.92. The molecule has 0 aliphatic heterocycles. The number of hydrogen-bond donors (Lipinski definition) is 2. The Balaban J connectivity index is 2.07. The molecule has 1 aliphatic rings. The minimum atomic E-state index is 0.339. The quantitative estimate of drug-likeness (QED) is 0.551. The first kappa shape index (κ1) is 8.16. The molecule has 1 aromatic heterocycles. The van der Waals surface area contributed by atoms with Crippen LogP contribution in [0.15, 0.2) is 11.7 Å². The topological polar surface area (TPSA) is 50.9 Å². The van der Waals surface area contributed by atoms with Gasteiger partial charge in [-0.3, -0.25) is 16.3 Å². The number of hydrogen-bond acceptors (Lipinski definition) is 4. The lowest BCUT2D eigenvalue weighted by Gasteiger charge is -2.32. The summed E-state index contributed by atoms with van der Waals surface area (Å²) in [4.78, 5) is 5.32. The van der Waals surface area contributed by atoms with Crippen LogP contribution in [-0.4, -0.2) is 4.98 Å². The molecule has 0 amide bonds. The number of nitrogens with zero attached hydrogens (tertiary/aromatic N) is 1. The van der Waals surface area contributed by atoms with Gasteiger partial charge in [-0.05, 0) is 18.8 Å². The third kappa shape index (κ3) is 1.37. The van der Waals surface area contributed by atoms with Crippen molar-refractivity contribution in [2.75, 3.05) is 0 Å². The van der Waals surface area contributed by atoms with Crippen LogP contribution in [0.1, 0.15) is 30.2 Å². The molecule has 0 aromatic carbocycles. The van der Waals surface area contributed by atoms with Gasteiger partial charge in [-0.15, -0.1) is 11.3 Å². The van der Waals surface area contributed by atoms with Gasteiger partial charge < -0.3 is 0 Å². The first-order valence-corrected chi connectivity index (χ1v) is 5.14. The van der Waals surface area contributed by atoms with Gasteiger partial charge in [0.15, 0.2) is 0 Å². The molecule has 1 atom stereocenters. The van der Waals surface area contributed by atoms with Crippen LogP contribution in [0.3, 0.4) is 0 Å². The summed E-state index contributed by atoms with van der Waals surface area (Å²) in [6.45, 7) is 0. The molecular weight excluding hydrogens is 170 g/mol. The predicted octanol–water partition coefficient (Wildman–Crippen LogP) is 1.45. The maximum atomic E-state index is 5.50. The second-order valence-electron chi connectivity index (χ2n) is 3.24. The lowest BCUT2D eigenvalue weighted by atomic mass is 9.79. The van der Waals surface area contributed by atoms with Gasteiger partial charge in [0.2, 0.25) is 0 Å². The molecule has 2 rings (SSSR count). The summed E-state index contributed by atoms with van der Waals surface area (Å²) in [5, 5.41) is 0. The number of hydrazine groups is 1. The van der Waals surface area contributed by atoms with Crippen molar-refractivity contribution in [2.24, 2.45) is 11.8 Å². The molecule has 1 heterocycles. The summed E-state index contributed by atoms with van der Waals surface area (Å²) in [5.74, 6) is 6.24. The number of nitrogens with one attached hydrogen (secondary N) is 1. The minimum Gasteiger partial charge on any atom is -0.271 e. The highest BCUT2D eigenvalue weighted by Crippen LogP contribution is 2.38. The van der Waals surface area contributed by atoms with Gasteiger partial charge in [-0.2, -0.15) is 0 Å². The largest absolute Gasteiger partial charge is 0.271 e. The average molecular weight is 183 g/mol. The molecule has 1 aromatic rings. The van der Waals surface area contributed by atoms with Gasteiger partial charge in [0, 0.05) is 11.1 Å². The normalized spacial score (nSPS) is 20.4. The molecule has 0 radical (unpaired) electrons. The van der Waals surface area contributed by atoms with E-state index in [2.05, 4.69) is 10.4 Å². The standard InChI is InChI=1S/C8H13N3S/c9-11-8(6-2-1-3-6)7-4-10-5-12-7/h4-6,8,11H,1-3,9H2. The van der Waals surface area contributed by atoms with Gasteiger partial charge in [0.25, 0.3) is 0 Å². The Morgan fingerprint density at radius 3 is 2.92 bits per heavy atom. The van der Waals surface area contributed by atoms with E-state index < -0.39 is 0 Å². The van der Waals surface area contributed by atoms with E-state index in [0.717, 1.165) is 5.92 Å². The fourth-order valence-corrected chi connectivity index (χ4v) is 2.38. The van der Waals surface area contributed by atoms with Gasteiger partial charge in [-0.25, -0.2) is 0 Å². The molecule has 1 fully saturated rings. The summed E-state index contributed by atoms with van der Waals surface area (Å²) in [6.07, 6.45) is 5.86. The van der Waals surface area contributed by atoms with Crippen molar-refractivity contribution >= 4 is 11.3 Å². The Morgan fingerprint density at radius 1 is 1.67 bits per heavy atom. The number of nitrogens with two attached hydrogens (primary N) is 1. The molecule has 1 unspecified atom stereocenters. The zero-order valence-electron chi connectivity index (χ0n) is 6.86. The fourth-order valence-electron chi connectivity index (χ4n) is 1.60. The van der Waals surface area contributed by atoms with Crippen LogP contribution >= 0.6 is 11.3 Å². The Kier molecular flexibility index (Phi) is 2.39. The van der Waals surface area contributed by atoms with E-state index in [1.807, 2.05) is 11.7 Å². The maximum Gasteiger partial charge on any atom is 0.0794 e. The van der Waals surface area contributed by atoms with Crippen molar-refractivity contribution in [3.8, 4) is 0 Å². The van der Waals surface area contributed by atoms with Crippen molar-refractivity contribution < 1.29 is 0 Å². The highest BCUT2D eigenvalue weighted by atomic mass is 32.1. The Hall–Kier alpha value is -0.450. The minimum absolute atomic E-state index is 0.339. The third-order valence-electron chi connectivity index (χ3n) is 2.56. The highest BCUT2D eigenvalue weighted by Gasteiger charge is 2.28. The van der Waals surface area contributed by atoms with E-state index in [0.29, 0.717) is 6.04 Å². The Morgan fingerprint density at radius 2 is 2.50 bits per heavy atom. The van der Waals surface area contributed by atoms with Crippen molar-refractivity contribution in [1.82, 2.24) is 10.4 Å². The lowest BCUT2D eigenvalue weighted by Crippen LogP contribution is -2.35. The first-order valence-electron chi connectivity index (χ1n) is 4.26. The molecular formula is C8H13N3S. The second-order valence-corrected chi connectivity index (χ2v) is 4.16. The molecule has 0 spiro atoms. The molecule has 0 saturated heterocycles. The molecule has 1 saturated carbocycles. The van der Waals surface area contributed by atoms with E-state index in [1.54, 1.807) is 11.3 Å². The summed E-state index contributed by atoms with van der Waals surface area (Å²) >= 11 is 1.68. The SMILES string of the molecule is NNC(c1cncs1)C1CCC1.